The molecule has 1 saturated heterocycles. The highest BCUT2D eigenvalue weighted by Crippen LogP contribution is 2.34. The quantitative estimate of drug-likeness (QED) is 0.547. The Bertz CT molecular complexity index is 1120. The van der Waals surface area contributed by atoms with Crippen LogP contribution in [0.2, 0.25) is 0 Å². The van der Waals surface area contributed by atoms with Crippen LogP contribution in [0.1, 0.15) is 48.4 Å². The smallest absolute Gasteiger partial charge is 0.262 e. The van der Waals surface area contributed by atoms with E-state index >= 15 is 0 Å². The van der Waals surface area contributed by atoms with E-state index in [4.69, 9.17) is 9.84 Å². The second-order valence-corrected chi connectivity index (χ2v) is 10.3. The van der Waals surface area contributed by atoms with Gasteiger partial charge in [0.05, 0.1) is 25.0 Å². The lowest BCUT2D eigenvalue weighted by Gasteiger charge is -2.34. The molecule has 2 fully saturated rings. The van der Waals surface area contributed by atoms with Gasteiger partial charge in [0.2, 0.25) is 5.91 Å². The van der Waals surface area contributed by atoms with Crippen LogP contribution in [0.25, 0.3) is 0 Å². The van der Waals surface area contributed by atoms with Crippen LogP contribution >= 0.6 is 0 Å². The molecule has 0 aromatic heterocycles. The molecule has 2 aromatic rings. The highest BCUT2D eigenvalue weighted by Gasteiger charge is 2.36. The molecule has 196 valence electrons. The van der Waals surface area contributed by atoms with Gasteiger partial charge in [-0.1, -0.05) is 48.4 Å². The van der Waals surface area contributed by atoms with E-state index in [1.165, 1.54) is 12.1 Å². The number of amides is 2. The molecule has 0 N–H and O–H groups in total. The Morgan fingerprint density at radius 2 is 1.76 bits per heavy atom. The molecule has 2 heterocycles. The van der Waals surface area contributed by atoms with Gasteiger partial charge in [-0.15, -0.1) is 0 Å². The predicted octanol–water partition coefficient (Wildman–Crippen LogP) is 3.77. The van der Waals surface area contributed by atoms with Crippen molar-refractivity contribution >= 4 is 17.5 Å². The molecular formula is C29H35FN4O3. The molecule has 0 radical (unpaired) electrons. The Balaban J connectivity index is 1.36. The van der Waals surface area contributed by atoms with Gasteiger partial charge in [-0.25, -0.2) is 9.40 Å². The summed E-state index contributed by atoms with van der Waals surface area (Å²) in [5.41, 5.74) is 3.66. The van der Waals surface area contributed by atoms with Crippen molar-refractivity contribution in [3.8, 4) is 0 Å². The number of hydrogen-bond donors (Lipinski definition) is 0. The van der Waals surface area contributed by atoms with E-state index in [0.29, 0.717) is 26.2 Å². The van der Waals surface area contributed by atoms with Gasteiger partial charge in [0, 0.05) is 38.5 Å². The number of rotatable bonds is 8. The molecule has 0 bridgehead atoms. The zero-order valence-corrected chi connectivity index (χ0v) is 21.4. The molecule has 1 saturated carbocycles. The van der Waals surface area contributed by atoms with Crippen molar-refractivity contribution in [1.29, 1.82) is 0 Å². The molecule has 0 spiro atoms. The van der Waals surface area contributed by atoms with Crippen LogP contribution in [0.5, 0.6) is 0 Å². The van der Waals surface area contributed by atoms with Crippen molar-refractivity contribution < 1.29 is 18.7 Å². The van der Waals surface area contributed by atoms with E-state index in [1.54, 1.807) is 22.0 Å². The Hall–Kier alpha value is -3.10. The minimum Gasteiger partial charge on any atom is -0.379 e. The fourth-order valence-corrected chi connectivity index (χ4v) is 5.11. The molecule has 2 aliphatic heterocycles. The molecule has 8 heteroatoms. The van der Waals surface area contributed by atoms with Crippen molar-refractivity contribution in [2.75, 3.05) is 45.9 Å². The highest BCUT2D eigenvalue weighted by atomic mass is 19.1. The van der Waals surface area contributed by atoms with Crippen LogP contribution in [-0.4, -0.2) is 78.3 Å². The number of morpholine rings is 1. The number of benzene rings is 2. The van der Waals surface area contributed by atoms with Crippen molar-refractivity contribution in [3.63, 3.8) is 0 Å². The summed E-state index contributed by atoms with van der Waals surface area (Å²) in [5.74, 6) is -0.419. The topological polar surface area (TPSA) is 65.5 Å². The summed E-state index contributed by atoms with van der Waals surface area (Å²) in [5, 5.41) is 6.26. The number of carbonyl (C=O) groups excluding carboxylic acids is 2. The van der Waals surface area contributed by atoms with Gasteiger partial charge in [0.1, 0.15) is 12.4 Å². The Morgan fingerprint density at radius 3 is 2.41 bits per heavy atom. The molecule has 1 atom stereocenters. The Labute approximate surface area is 217 Å². The lowest BCUT2D eigenvalue weighted by atomic mass is 9.84. The summed E-state index contributed by atoms with van der Waals surface area (Å²) in [4.78, 5) is 31.1. The summed E-state index contributed by atoms with van der Waals surface area (Å²) in [7, 11) is 0. The summed E-state index contributed by atoms with van der Waals surface area (Å²) in [6.07, 6.45) is 3.38. The Kier molecular flexibility index (Phi) is 7.96. The number of hydrazone groups is 1. The molecule has 1 aliphatic carbocycles. The summed E-state index contributed by atoms with van der Waals surface area (Å²) < 4.78 is 19.0. The molecule has 2 amide bonds. The normalized spacial score (nSPS) is 20.4. The second kappa shape index (κ2) is 11.5. The van der Waals surface area contributed by atoms with Crippen LogP contribution in [0, 0.1) is 18.7 Å². The van der Waals surface area contributed by atoms with Crippen LogP contribution in [0.4, 0.5) is 4.39 Å². The third-order valence-electron chi connectivity index (χ3n) is 7.69. The first-order valence-electron chi connectivity index (χ1n) is 13.3. The van der Waals surface area contributed by atoms with Gasteiger partial charge in [-0.2, -0.15) is 5.10 Å². The van der Waals surface area contributed by atoms with Gasteiger partial charge in [-0.05, 0) is 43.0 Å². The maximum absolute atomic E-state index is 13.8. The Morgan fingerprint density at radius 1 is 1.05 bits per heavy atom. The maximum atomic E-state index is 13.8. The monoisotopic (exact) mass is 506 g/mol. The van der Waals surface area contributed by atoms with E-state index in [1.807, 2.05) is 31.2 Å². The number of hydrogen-bond acceptors (Lipinski definition) is 5. The second-order valence-electron chi connectivity index (χ2n) is 10.3. The average molecular weight is 507 g/mol. The molecule has 7 nitrogen and oxygen atoms in total. The summed E-state index contributed by atoms with van der Waals surface area (Å²) in [6, 6.07) is 14.1. The van der Waals surface area contributed by atoms with Gasteiger partial charge in [0.25, 0.3) is 5.91 Å². The van der Waals surface area contributed by atoms with E-state index < -0.39 is 0 Å². The number of halogens is 1. The standard InChI is InChI=1S/C29H35FN4O3/c1-21-5-7-23(8-6-21)27-19-26(22-9-11-25(30)12-10-22)31-34(27)28(35)20-33(29(36)24-3-2-4-24)14-13-32-15-17-37-18-16-32/h5-12,24,27H,2-4,13-20H2,1H3/t27-/m0/s1. The summed E-state index contributed by atoms with van der Waals surface area (Å²) >= 11 is 0. The van der Waals surface area contributed by atoms with Crippen molar-refractivity contribution in [2.45, 2.75) is 38.6 Å². The molecule has 2 aromatic carbocycles. The number of ether oxygens (including phenoxy) is 1. The van der Waals surface area contributed by atoms with Crippen molar-refractivity contribution in [3.05, 3.63) is 71.0 Å². The average Bonchev–Trinajstić information content (AvgIpc) is 3.32. The lowest BCUT2D eigenvalue weighted by molar-refractivity contribution is -0.145. The number of carbonyl (C=O) groups is 2. The predicted molar refractivity (Wildman–Crippen MR) is 139 cm³/mol. The van der Waals surface area contributed by atoms with Gasteiger partial charge >= 0.3 is 0 Å². The van der Waals surface area contributed by atoms with Crippen LogP contribution in [0.3, 0.4) is 0 Å². The molecule has 37 heavy (non-hydrogen) atoms. The number of nitrogens with zero attached hydrogens (tertiary/aromatic N) is 4. The largest absolute Gasteiger partial charge is 0.379 e. The van der Waals surface area contributed by atoms with Gasteiger partial charge in [0.15, 0.2) is 0 Å². The highest BCUT2D eigenvalue weighted by molar-refractivity contribution is 6.03. The molecule has 5 rings (SSSR count). The number of aryl methyl sites for hydroxylation is 1. The van der Waals surface area contributed by atoms with Crippen LogP contribution in [0.15, 0.2) is 53.6 Å². The zero-order chi connectivity index (χ0) is 25.8. The fourth-order valence-electron chi connectivity index (χ4n) is 5.11. The van der Waals surface area contributed by atoms with Crippen LogP contribution < -0.4 is 0 Å². The van der Waals surface area contributed by atoms with Gasteiger partial charge < -0.3 is 9.64 Å². The van der Waals surface area contributed by atoms with E-state index in [0.717, 1.165) is 61.3 Å². The van der Waals surface area contributed by atoms with Crippen molar-refractivity contribution in [2.24, 2.45) is 11.0 Å². The van der Waals surface area contributed by atoms with Crippen LogP contribution in [-0.2, 0) is 14.3 Å². The fraction of sp³-hybridized carbons (Fsp3) is 0.483. The van der Waals surface area contributed by atoms with E-state index in [9.17, 15) is 14.0 Å². The first-order chi connectivity index (χ1) is 18.0. The lowest BCUT2D eigenvalue weighted by Crippen LogP contribution is -2.49. The molecule has 3 aliphatic rings. The third-order valence-corrected chi connectivity index (χ3v) is 7.69. The zero-order valence-electron chi connectivity index (χ0n) is 21.4. The maximum Gasteiger partial charge on any atom is 0.262 e. The van der Waals surface area contributed by atoms with Crippen molar-refractivity contribution in [1.82, 2.24) is 14.8 Å². The molecular weight excluding hydrogens is 471 g/mol. The van der Waals surface area contributed by atoms with E-state index in [2.05, 4.69) is 4.90 Å². The minimum atomic E-state index is -0.309. The first-order valence-corrected chi connectivity index (χ1v) is 13.3. The molecule has 0 unspecified atom stereocenters. The first kappa shape index (κ1) is 25.5. The minimum absolute atomic E-state index is 0.00221. The van der Waals surface area contributed by atoms with Gasteiger partial charge in [-0.3, -0.25) is 14.5 Å². The SMILES string of the molecule is Cc1ccc([C@@H]2CC(c3ccc(F)cc3)=NN2C(=O)CN(CCN2CCOCC2)C(=O)C2CCC2)cc1. The third kappa shape index (κ3) is 6.08. The van der Waals surface area contributed by atoms with E-state index in [-0.39, 0.29) is 36.1 Å². The summed E-state index contributed by atoms with van der Waals surface area (Å²) in [6.45, 7) is 6.34.